The largest absolute Gasteiger partial charge is 0.391 e. The van der Waals surface area contributed by atoms with Gasteiger partial charge in [0.1, 0.15) is 0 Å². The molecule has 5 heteroatoms. The van der Waals surface area contributed by atoms with E-state index in [1.165, 1.54) is 0 Å². The van der Waals surface area contributed by atoms with Crippen LogP contribution in [0, 0.1) is 0 Å². The standard InChI is InChI=1S/C10H18N2OS2/c1-4-8(7-14-3)12(2)10-11-5-9(6-13)15-10/h5,8,13H,4,6-7H2,1-3H3. The molecule has 0 aliphatic rings. The van der Waals surface area contributed by atoms with Crippen LogP contribution in [0.5, 0.6) is 0 Å². The van der Waals surface area contributed by atoms with Gasteiger partial charge in [-0.05, 0) is 12.7 Å². The van der Waals surface area contributed by atoms with Crippen molar-refractivity contribution in [2.24, 2.45) is 0 Å². The molecule has 86 valence electrons. The molecule has 1 N–H and O–H groups in total. The van der Waals surface area contributed by atoms with Crippen LogP contribution in [0.1, 0.15) is 18.2 Å². The summed E-state index contributed by atoms with van der Waals surface area (Å²) in [6.07, 6.45) is 4.99. The molecule has 0 spiro atoms. The lowest BCUT2D eigenvalue weighted by Crippen LogP contribution is -2.32. The van der Waals surface area contributed by atoms with Crippen LogP contribution in [0.15, 0.2) is 6.20 Å². The van der Waals surface area contributed by atoms with Crippen molar-refractivity contribution in [1.82, 2.24) is 4.98 Å². The van der Waals surface area contributed by atoms with E-state index in [1.807, 2.05) is 11.8 Å². The zero-order valence-corrected chi connectivity index (χ0v) is 11.1. The fourth-order valence-electron chi connectivity index (χ4n) is 1.39. The molecule has 0 bridgehead atoms. The summed E-state index contributed by atoms with van der Waals surface area (Å²) < 4.78 is 0. The Morgan fingerprint density at radius 2 is 2.40 bits per heavy atom. The number of aromatic nitrogens is 1. The van der Waals surface area contributed by atoms with Crippen LogP contribution in [0.25, 0.3) is 0 Å². The summed E-state index contributed by atoms with van der Waals surface area (Å²) in [4.78, 5) is 7.45. The van der Waals surface area contributed by atoms with Crippen molar-refractivity contribution in [3.8, 4) is 0 Å². The smallest absolute Gasteiger partial charge is 0.185 e. The molecule has 0 aliphatic heterocycles. The van der Waals surface area contributed by atoms with Gasteiger partial charge < -0.3 is 10.0 Å². The van der Waals surface area contributed by atoms with Crippen molar-refractivity contribution in [3.63, 3.8) is 0 Å². The first-order chi connectivity index (χ1) is 7.22. The normalized spacial score (nSPS) is 12.8. The minimum absolute atomic E-state index is 0.0881. The van der Waals surface area contributed by atoms with Gasteiger partial charge in [-0.1, -0.05) is 18.3 Å². The summed E-state index contributed by atoms with van der Waals surface area (Å²) >= 11 is 3.42. The van der Waals surface area contributed by atoms with Gasteiger partial charge >= 0.3 is 0 Å². The maximum Gasteiger partial charge on any atom is 0.185 e. The van der Waals surface area contributed by atoms with E-state index in [9.17, 15) is 0 Å². The maximum atomic E-state index is 8.98. The Bertz CT molecular complexity index is 291. The average molecular weight is 246 g/mol. The van der Waals surface area contributed by atoms with Crippen LogP contribution in [0.3, 0.4) is 0 Å². The van der Waals surface area contributed by atoms with E-state index in [4.69, 9.17) is 5.11 Å². The molecule has 15 heavy (non-hydrogen) atoms. The van der Waals surface area contributed by atoms with E-state index < -0.39 is 0 Å². The van der Waals surface area contributed by atoms with E-state index in [0.717, 1.165) is 22.2 Å². The summed E-state index contributed by atoms with van der Waals surface area (Å²) in [6.45, 7) is 2.28. The number of aliphatic hydroxyl groups excluding tert-OH is 1. The van der Waals surface area contributed by atoms with E-state index in [-0.39, 0.29) is 6.61 Å². The highest BCUT2D eigenvalue weighted by Crippen LogP contribution is 2.24. The number of rotatable bonds is 6. The van der Waals surface area contributed by atoms with Crippen molar-refractivity contribution in [3.05, 3.63) is 11.1 Å². The first-order valence-corrected chi connectivity index (χ1v) is 7.21. The molecule has 1 aromatic rings. The first kappa shape index (κ1) is 12.8. The van der Waals surface area contributed by atoms with Crippen LogP contribution >= 0.6 is 23.1 Å². The van der Waals surface area contributed by atoms with Crippen molar-refractivity contribution in [1.29, 1.82) is 0 Å². The summed E-state index contributed by atoms with van der Waals surface area (Å²) in [6, 6.07) is 0.526. The predicted octanol–water partition coefficient (Wildman–Crippen LogP) is 2.21. The summed E-state index contributed by atoms with van der Waals surface area (Å²) in [5.41, 5.74) is 0. The molecular weight excluding hydrogens is 228 g/mol. The molecule has 0 saturated carbocycles. The molecule has 0 fully saturated rings. The maximum absolute atomic E-state index is 8.98. The van der Waals surface area contributed by atoms with Crippen LogP contribution in [-0.2, 0) is 6.61 Å². The SMILES string of the molecule is CCC(CSC)N(C)c1ncc(CO)s1. The third-order valence-electron chi connectivity index (χ3n) is 2.38. The van der Waals surface area contributed by atoms with Gasteiger partial charge in [-0.3, -0.25) is 0 Å². The van der Waals surface area contributed by atoms with Crippen molar-refractivity contribution < 1.29 is 5.11 Å². The highest BCUT2D eigenvalue weighted by atomic mass is 32.2. The highest BCUT2D eigenvalue weighted by molar-refractivity contribution is 7.98. The lowest BCUT2D eigenvalue weighted by molar-refractivity contribution is 0.285. The predicted molar refractivity (Wildman–Crippen MR) is 68.9 cm³/mol. The van der Waals surface area contributed by atoms with Gasteiger partial charge in [-0.15, -0.1) is 0 Å². The number of anilines is 1. The van der Waals surface area contributed by atoms with Crippen LogP contribution in [-0.4, -0.2) is 35.2 Å². The number of hydrogen-bond acceptors (Lipinski definition) is 5. The van der Waals surface area contributed by atoms with Crippen LogP contribution in [0.4, 0.5) is 5.13 Å². The van der Waals surface area contributed by atoms with E-state index in [2.05, 4.69) is 30.1 Å². The van der Waals surface area contributed by atoms with Crippen molar-refractivity contribution in [2.45, 2.75) is 26.0 Å². The number of thioether (sulfide) groups is 1. The Kier molecular flexibility index (Phi) is 5.42. The second kappa shape index (κ2) is 6.35. The molecule has 3 nitrogen and oxygen atoms in total. The quantitative estimate of drug-likeness (QED) is 0.835. The topological polar surface area (TPSA) is 36.4 Å². The van der Waals surface area contributed by atoms with Gasteiger partial charge in [-0.25, -0.2) is 4.98 Å². The van der Waals surface area contributed by atoms with Gasteiger partial charge in [0.2, 0.25) is 0 Å². The van der Waals surface area contributed by atoms with Gasteiger partial charge in [0.15, 0.2) is 5.13 Å². The zero-order valence-electron chi connectivity index (χ0n) is 9.43. The van der Waals surface area contributed by atoms with E-state index in [1.54, 1.807) is 17.5 Å². The first-order valence-electron chi connectivity index (χ1n) is 5.00. The lowest BCUT2D eigenvalue weighted by atomic mass is 10.2. The third-order valence-corrected chi connectivity index (χ3v) is 4.17. The van der Waals surface area contributed by atoms with E-state index >= 15 is 0 Å². The minimum atomic E-state index is 0.0881. The fourth-order valence-corrected chi connectivity index (χ4v) is 3.03. The number of thiazole rings is 1. The Balaban J connectivity index is 2.68. The van der Waals surface area contributed by atoms with Gasteiger partial charge in [-0.2, -0.15) is 11.8 Å². The van der Waals surface area contributed by atoms with Crippen molar-refractivity contribution in [2.75, 3.05) is 24.0 Å². The Labute approximate surface area is 99.5 Å². The number of aliphatic hydroxyl groups is 1. The average Bonchev–Trinajstić information content (AvgIpc) is 2.73. The van der Waals surface area contributed by atoms with Gasteiger partial charge in [0.05, 0.1) is 11.5 Å². The highest BCUT2D eigenvalue weighted by Gasteiger charge is 2.15. The second-order valence-corrected chi connectivity index (χ2v) is 5.40. The molecule has 1 atom stereocenters. The second-order valence-electron chi connectivity index (χ2n) is 3.40. The van der Waals surface area contributed by atoms with Gasteiger partial charge in [0.25, 0.3) is 0 Å². The third kappa shape index (κ3) is 3.36. The lowest BCUT2D eigenvalue weighted by Gasteiger charge is -2.26. The molecule has 0 radical (unpaired) electrons. The zero-order chi connectivity index (χ0) is 11.3. The molecule has 0 aliphatic carbocycles. The molecule has 1 unspecified atom stereocenters. The van der Waals surface area contributed by atoms with Crippen LogP contribution in [0.2, 0.25) is 0 Å². The number of nitrogens with zero attached hydrogens (tertiary/aromatic N) is 2. The van der Waals surface area contributed by atoms with Gasteiger partial charge in [0, 0.05) is 25.0 Å². The summed E-state index contributed by atoms with van der Waals surface area (Å²) in [5.74, 6) is 1.11. The molecule has 1 heterocycles. The molecular formula is C10H18N2OS2. The minimum Gasteiger partial charge on any atom is -0.391 e. The Morgan fingerprint density at radius 1 is 1.67 bits per heavy atom. The summed E-state index contributed by atoms with van der Waals surface area (Å²) in [5, 5.41) is 9.98. The van der Waals surface area contributed by atoms with Crippen molar-refractivity contribution >= 4 is 28.2 Å². The summed E-state index contributed by atoms with van der Waals surface area (Å²) in [7, 11) is 2.07. The Morgan fingerprint density at radius 3 is 2.87 bits per heavy atom. The monoisotopic (exact) mass is 246 g/mol. The Hall–Kier alpha value is -0.260. The fraction of sp³-hybridized carbons (Fsp3) is 0.700. The molecule has 0 amide bonds. The molecule has 1 aromatic heterocycles. The molecule has 1 rings (SSSR count). The molecule has 0 saturated heterocycles. The molecule has 0 aromatic carbocycles. The van der Waals surface area contributed by atoms with E-state index in [0.29, 0.717) is 6.04 Å². The van der Waals surface area contributed by atoms with Crippen LogP contribution < -0.4 is 4.90 Å². The number of hydrogen-bond donors (Lipinski definition) is 1.